The van der Waals surface area contributed by atoms with Gasteiger partial charge in [0.05, 0.1) is 0 Å². The van der Waals surface area contributed by atoms with E-state index in [9.17, 15) is 9.59 Å². The maximum atomic E-state index is 12.6. The van der Waals surface area contributed by atoms with Gasteiger partial charge < -0.3 is 15.4 Å². The number of carbonyl (C=O) groups excluding carboxylic acids is 2. The summed E-state index contributed by atoms with van der Waals surface area (Å²) in [6.07, 6.45) is 4.19. The van der Waals surface area contributed by atoms with Crippen molar-refractivity contribution in [1.29, 1.82) is 0 Å². The van der Waals surface area contributed by atoms with Crippen molar-refractivity contribution in [2.75, 3.05) is 0 Å². The van der Waals surface area contributed by atoms with E-state index in [1.807, 2.05) is 30.3 Å². The van der Waals surface area contributed by atoms with Crippen LogP contribution in [0.4, 0.5) is 4.79 Å². The zero-order valence-corrected chi connectivity index (χ0v) is 14.8. The Morgan fingerprint density at radius 3 is 2.38 bits per heavy atom. The molecule has 0 bridgehead atoms. The lowest BCUT2D eigenvalue weighted by atomic mass is 10.0. The molecule has 0 saturated heterocycles. The summed E-state index contributed by atoms with van der Waals surface area (Å²) >= 11 is 0. The third kappa shape index (κ3) is 6.22. The lowest BCUT2D eigenvalue weighted by molar-refractivity contribution is -0.123. The van der Waals surface area contributed by atoms with E-state index in [0.29, 0.717) is 6.42 Å². The van der Waals surface area contributed by atoms with Gasteiger partial charge in [-0.1, -0.05) is 43.2 Å². The topological polar surface area (TPSA) is 67.4 Å². The Hall–Kier alpha value is -2.04. The van der Waals surface area contributed by atoms with Crippen LogP contribution in [0.25, 0.3) is 0 Å². The molecule has 1 aliphatic rings. The van der Waals surface area contributed by atoms with Crippen LogP contribution in [0.3, 0.4) is 0 Å². The Kier molecular flexibility index (Phi) is 6.23. The Balaban J connectivity index is 2.02. The summed E-state index contributed by atoms with van der Waals surface area (Å²) in [5.41, 5.74) is 0.406. The van der Waals surface area contributed by atoms with Gasteiger partial charge in [0.1, 0.15) is 11.6 Å². The molecule has 2 N–H and O–H groups in total. The van der Waals surface area contributed by atoms with E-state index >= 15 is 0 Å². The molecule has 0 aromatic heterocycles. The molecule has 5 nitrogen and oxygen atoms in total. The number of carbonyl (C=O) groups is 2. The van der Waals surface area contributed by atoms with Gasteiger partial charge in [-0.25, -0.2) is 4.79 Å². The first-order chi connectivity index (χ1) is 11.3. The van der Waals surface area contributed by atoms with Crippen molar-refractivity contribution in [1.82, 2.24) is 10.6 Å². The maximum absolute atomic E-state index is 12.6. The van der Waals surface area contributed by atoms with Crippen LogP contribution in [0.5, 0.6) is 0 Å². The van der Waals surface area contributed by atoms with Gasteiger partial charge in [-0.2, -0.15) is 0 Å². The van der Waals surface area contributed by atoms with Gasteiger partial charge in [0.2, 0.25) is 5.91 Å². The first-order valence-electron chi connectivity index (χ1n) is 8.67. The van der Waals surface area contributed by atoms with Crippen LogP contribution in [0.15, 0.2) is 30.3 Å². The Labute approximate surface area is 144 Å². The Morgan fingerprint density at radius 1 is 1.17 bits per heavy atom. The van der Waals surface area contributed by atoms with Gasteiger partial charge in [-0.3, -0.25) is 4.79 Å². The van der Waals surface area contributed by atoms with Crippen LogP contribution in [-0.4, -0.2) is 29.7 Å². The molecule has 1 aliphatic carbocycles. The third-order valence-electron chi connectivity index (χ3n) is 3.99. The molecular weight excluding hydrogens is 304 g/mol. The molecule has 0 radical (unpaired) electrons. The molecular formula is C19H28N2O3. The molecule has 1 saturated carbocycles. The zero-order chi connectivity index (χ0) is 17.6. The summed E-state index contributed by atoms with van der Waals surface area (Å²) in [6, 6.07) is 9.26. The number of hydrogen-bond donors (Lipinski definition) is 2. The number of hydrogen-bond acceptors (Lipinski definition) is 3. The highest BCUT2D eigenvalue weighted by Crippen LogP contribution is 2.18. The average molecular weight is 332 g/mol. The highest BCUT2D eigenvalue weighted by molar-refractivity contribution is 5.86. The third-order valence-corrected chi connectivity index (χ3v) is 3.99. The first-order valence-corrected chi connectivity index (χ1v) is 8.67. The Morgan fingerprint density at radius 2 is 1.79 bits per heavy atom. The van der Waals surface area contributed by atoms with Crippen molar-refractivity contribution < 1.29 is 14.3 Å². The number of rotatable bonds is 5. The fraction of sp³-hybridized carbons (Fsp3) is 0.579. The van der Waals surface area contributed by atoms with Gasteiger partial charge in [-0.05, 0) is 39.2 Å². The predicted molar refractivity (Wildman–Crippen MR) is 93.7 cm³/mol. The lowest BCUT2D eigenvalue weighted by Crippen LogP contribution is -2.51. The molecule has 24 heavy (non-hydrogen) atoms. The van der Waals surface area contributed by atoms with E-state index in [-0.39, 0.29) is 11.9 Å². The molecule has 1 unspecified atom stereocenters. The van der Waals surface area contributed by atoms with E-state index in [1.165, 1.54) is 0 Å². The van der Waals surface area contributed by atoms with Crippen molar-refractivity contribution in [2.24, 2.45) is 0 Å². The first kappa shape index (κ1) is 18.3. The van der Waals surface area contributed by atoms with Crippen LogP contribution in [0.1, 0.15) is 52.0 Å². The minimum Gasteiger partial charge on any atom is -0.444 e. The van der Waals surface area contributed by atoms with Crippen molar-refractivity contribution >= 4 is 12.0 Å². The molecule has 2 amide bonds. The highest BCUT2D eigenvalue weighted by Gasteiger charge is 2.27. The second kappa shape index (κ2) is 8.18. The predicted octanol–water partition coefficient (Wildman–Crippen LogP) is 3.18. The Bertz CT molecular complexity index is 545. The molecule has 0 heterocycles. The molecule has 5 heteroatoms. The molecule has 0 aliphatic heterocycles. The van der Waals surface area contributed by atoms with Gasteiger partial charge in [0.15, 0.2) is 0 Å². The van der Waals surface area contributed by atoms with Gasteiger partial charge in [0.25, 0.3) is 0 Å². The van der Waals surface area contributed by atoms with Crippen LogP contribution in [-0.2, 0) is 16.0 Å². The zero-order valence-electron chi connectivity index (χ0n) is 14.8. The van der Waals surface area contributed by atoms with Crippen molar-refractivity contribution in [2.45, 2.75) is 70.6 Å². The minimum atomic E-state index is -0.636. The molecule has 132 valence electrons. The SMILES string of the molecule is CC(C)(C)OC(=O)NC(Cc1ccccc1)C(=O)NC1CCCC1. The van der Waals surface area contributed by atoms with Crippen molar-refractivity contribution in [3.8, 4) is 0 Å². The molecule has 1 aromatic rings. The van der Waals surface area contributed by atoms with Crippen molar-refractivity contribution in [3.63, 3.8) is 0 Å². The summed E-state index contributed by atoms with van der Waals surface area (Å²) in [5.74, 6) is -0.142. The summed E-state index contributed by atoms with van der Waals surface area (Å²) in [4.78, 5) is 24.7. The minimum absolute atomic E-state index is 0.142. The lowest BCUT2D eigenvalue weighted by Gasteiger charge is -2.24. The van der Waals surface area contributed by atoms with Crippen LogP contribution in [0, 0.1) is 0 Å². The fourth-order valence-corrected chi connectivity index (χ4v) is 2.88. The number of nitrogens with one attached hydrogen (secondary N) is 2. The number of benzene rings is 1. The van der Waals surface area contributed by atoms with Crippen molar-refractivity contribution in [3.05, 3.63) is 35.9 Å². The standard InChI is InChI=1S/C19H28N2O3/c1-19(2,3)24-18(23)21-16(13-14-9-5-4-6-10-14)17(22)20-15-11-7-8-12-15/h4-6,9-10,15-16H,7-8,11-13H2,1-3H3,(H,20,22)(H,21,23). The number of amides is 2. The largest absolute Gasteiger partial charge is 0.444 e. The number of ether oxygens (including phenoxy) is 1. The van der Waals surface area contributed by atoms with E-state index in [0.717, 1.165) is 31.2 Å². The monoisotopic (exact) mass is 332 g/mol. The second-order valence-electron chi connectivity index (χ2n) is 7.38. The van der Waals surface area contributed by atoms with Gasteiger partial charge >= 0.3 is 6.09 Å². The normalized spacial score (nSPS) is 16.5. The maximum Gasteiger partial charge on any atom is 0.408 e. The summed E-state index contributed by atoms with van der Waals surface area (Å²) in [7, 11) is 0. The molecule has 1 aromatic carbocycles. The molecule has 1 atom stereocenters. The highest BCUT2D eigenvalue weighted by atomic mass is 16.6. The fourth-order valence-electron chi connectivity index (χ4n) is 2.88. The van der Waals surface area contributed by atoms with Crippen LogP contribution < -0.4 is 10.6 Å². The molecule has 1 fully saturated rings. The summed E-state index contributed by atoms with van der Waals surface area (Å²) in [6.45, 7) is 5.41. The number of alkyl carbamates (subject to hydrolysis) is 1. The van der Waals surface area contributed by atoms with Gasteiger partial charge in [0, 0.05) is 12.5 Å². The smallest absolute Gasteiger partial charge is 0.408 e. The molecule has 0 spiro atoms. The van der Waals surface area contributed by atoms with Crippen LogP contribution >= 0.6 is 0 Å². The quantitative estimate of drug-likeness (QED) is 0.870. The summed E-state index contributed by atoms with van der Waals surface area (Å²) in [5, 5.41) is 5.78. The second-order valence-corrected chi connectivity index (χ2v) is 7.38. The van der Waals surface area contributed by atoms with Gasteiger partial charge in [-0.15, -0.1) is 0 Å². The van der Waals surface area contributed by atoms with E-state index in [4.69, 9.17) is 4.74 Å². The average Bonchev–Trinajstić information content (AvgIpc) is 2.98. The summed E-state index contributed by atoms with van der Waals surface area (Å²) < 4.78 is 5.30. The van der Waals surface area contributed by atoms with E-state index in [1.54, 1.807) is 20.8 Å². The van der Waals surface area contributed by atoms with E-state index < -0.39 is 17.7 Å². The van der Waals surface area contributed by atoms with Crippen LogP contribution in [0.2, 0.25) is 0 Å². The molecule has 2 rings (SSSR count). The van der Waals surface area contributed by atoms with E-state index in [2.05, 4.69) is 10.6 Å².